The van der Waals surface area contributed by atoms with Crippen molar-refractivity contribution in [1.29, 1.82) is 0 Å². The summed E-state index contributed by atoms with van der Waals surface area (Å²) < 4.78 is 0. The number of rotatable bonds is 5. The van der Waals surface area contributed by atoms with Crippen LogP contribution in [0.1, 0.15) is 62.8 Å². The summed E-state index contributed by atoms with van der Waals surface area (Å²) in [5.41, 5.74) is 12.8. The van der Waals surface area contributed by atoms with Crippen molar-refractivity contribution in [2.75, 3.05) is 6.54 Å². The predicted molar refractivity (Wildman–Crippen MR) is 157 cm³/mol. The van der Waals surface area contributed by atoms with Gasteiger partial charge in [0.1, 0.15) is 0 Å². The molecule has 1 N–H and O–H groups in total. The molecular weight excluding hydrogens is 446 g/mol. The summed E-state index contributed by atoms with van der Waals surface area (Å²) in [7, 11) is 0. The number of nitrogens with one attached hydrogen (secondary N) is 1. The lowest BCUT2D eigenvalue weighted by atomic mass is 9.65. The predicted octanol–water partition coefficient (Wildman–Crippen LogP) is 8.83. The number of allylic oxidation sites excluding steroid dienone is 7. The third-order valence-corrected chi connectivity index (χ3v) is 8.48. The van der Waals surface area contributed by atoms with E-state index in [-0.39, 0.29) is 10.8 Å². The van der Waals surface area contributed by atoms with Crippen molar-refractivity contribution in [2.24, 2.45) is 11.3 Å². The Morgan fingerprint density at radius 2 is 1.41 bits per heavy atom. The maximum Gasteiger partial charge on any atom is 0.0541 e. The Hall–Kier alpha value is -3.58. The minimum absolute atomic E-state index is 0.143. The zero-order valence-corrected chi connectivity index (χ0v) is 22.5. The van der Waals surface area contributed by atoms with Crippen LogP contribution in [0.5, 0.6) is 0 Å². The molecule has 1 nitrogen and oxygen atoms in total. The molecule has 186 valence electrons. The van der Waals surface area contributed by atoms with Gasteiger partial charge in [0, 0.05) is 18.2 Å². The summed E-state index contributed by atoms with van der Waals surface area (Å²) in [6.45, 7) is 9.92. The van der Waals surface area contributed by atoms with Crippen LogP contribution >= 0.6 is 0 Å². The molecule has 0 saturated heterocycles. The van der Waals surface area contributed by atoms with E-state index in [2.05, 4.69) is 136 Å². The van der Waals surface area contributed by atoms with Gasteiger partial charge in [-0.2, -0.15) is 0 Å². The summed E-state index contributed by atoms with van der Waals surface area (Å²) >= 11 is 0. The lowest BCUT2D eigenvalue weighted by Crippen LogP contribution is -2.34. The van der Waals surface area contributed by atoms with E-state index < -0.39 is 0 Å². The molecule has 1 heteroatoms. The second-order valence-corrected chi connectivity index (χ2v) is 11.6. The first-order chi connectivity index (χ1) is 18.0. The van der Waals surface area contributed by atoms with Crippen LogP contribution < -0.4 is 5.32 Å². The second kappa shape index (κ2) is 9.06. The maximum atomic E-state index is 3.77. The van der Waals surface area contributed by atoms with Crippen molar-refractivity contribution >= 4 is 5.57 Å². The average molecular weight is 484 g/mol. The molecule has 0 amide bonds. The third kappa shape index (κ3) is 3.67. The molecular formula is C36H37N. The second-order valence-electron chi connectivity index (χ2n) is 11.6. The summed E-state index contributed by atoms with van der Waals surface area (Å²) in [5.74, 6) is 0.372. The quantitative estimate of drug-likeness (QED) is 0.357. The van der Waals surface area contributed by atoms with Gasteiger partial charge in [-0.3, -0.25) is 0 Å². The summed E-state index contributed by atoms with van der Waals surface area (Å²) in [6, 6.07) is 27.3. The molecule has 0 radical (unpaired) electrons. The van der Waals surface area contributed by atoms with Crippen LogP contribution in [0.15, 0.2) is 114 Å². The number of fused-ring (bicyclic) bond motifs is 10. The van der Waals surface area contributed by atoms with Crippen LogP contribution in [0.2, 0.25) is 0 Å². The number of benzene rings is 3. The highest BCUT2D eigenvalue weighted by Gasteiger charge is 2.56. The first kappa shape index (κ1) is 23.8. The van der Waals surface area contributed by atoms with Crippen LogP contribution in [-0.4, -0.2) is 6.54 Å². The first-order valence-electron chi connectivity index (χ1n) is 13.8. The van der Waals surface area contributed by atoms with E-state index in [1.54, 1.807) is 0 Å². The van der Waals surface area contributed by atoms with Crippen molar-refractivity contribution in [3.63, 3.8) is 0 Å². The van der Waals surface area contributed by atoms with Crippen molar-refractivity contribution in [1.82, 2.24) is 5.32 Å². The van der Waals surface area contributed by atoms with E-state index in [1.807, 2.05) is 0 Å². The zero-order valence-electron chi connectivity index (χ0n) is 22.5. The Bertz CT molecular complexity index is 1420. The highest BCUT2D eigenvalue weighted by Crippen LogP contribution is 2.65. The summed E-state index contributed by atoms with van der Waals surface area (Å²) in [4.78, 5) is 0. The SMILES string of the molecule is CC/C=C(\C=C/CNC1=CC=C2c3ccccc3C3(c4ccccc4-c4ccccc43)C2C1)C(C)(C)C. The molecule has 3 aromatic carbocycles. The molecule has 0 saturated carbocycles. The molecule has 0 fully saturated rings. The first-order valence-corrected chi connectivity index (χ1v) is 13.8. The van der Waals surface area contributed by atoms with Gasteiger partial charge in [-0.05, 0) is 68.9 Å². The van der Waals surface area contributed by atoms with E-state index in [4.69, 9.17) is 0 Å². The lowest BCUT2D eigenvalue weighted by Gasteiger charge is -2.37. The van der Waals surface area contributed by atoms with Crippen molar-refractivity contribution in [3.05, 3.63) is 137 Å². The molecule has 0 aliphatic heterocycles. The summed E-state index contributed by atoms with van der Waals surface area (Å²) in [5, 5.41) is 3.77. The number of hydrogen-bond acceptors (Lipinski definition) is 1. The topological polar surface area (TPSA) is 12.0 Å². The smallest absolute Gasteiger partial charge is 0.0541 e. The van der Waals surface area contributed by atoms with Crippen LogP contribution in [0.25, 0.3) is 16.7 Å². The maximum absolute atomic E-state index is 3.77. The van der Waals surface area contributed by atoms with E-state index in [9.17, 15) is 0 Å². The van der Waals surface area contributed by atoms with Gasteiger partial charge in [-0.1, -0.05) is 125 Å². The molecule has 0 aromatic heterocycles. The van der Waals surface area contributed by atoms with Gasteiger partial charge in [0.15, 0.2) is 0 Å². The van der Waals surface area contributed by atoms with E-state index in [0.29, 0.717) is 5.92 Å². The highest BCUT2D eigenvalue weighted by atomic mass is 14.9. The van der Waals surface area contributed by atoms with Gasteiger partial charge in [-0.15, -0.1) is 0 Å². The van der Waals surface area contributed by atoms with Gasteiger partial charge >= 0.3 is 0 Å². The van der Waals surface area contributed by atoms with Crippen LogP contribution in [0.4, 0.5) is 0 Å². The average Bonchev–Trinajstić information content (AvgIpc) is 3.37. The molecule has 1 atom stereocenters. The minimum atomic E-state index is -0.143. The van der Waals surface area contributed by atoms with E-state index in [0.717, 1.165) is 19.4 Å². The Morgan fingerprint density at radius 3 is 2.00 bits per heavy atom. The number of hydrogen-bond donors (Lipinski definition) is 1. The van der Waals surface area contributed by atoms with Crippen LogP contribution in [0.3, 0.4) is 0 Å². The molecule has 0 bridgehead atoms. The Kier molecular flexibility index (Phi) is 5.83. The fourth-order valence-electron chi connectivity index (χ4n) is 6.92. The van der Waals surface area contributed by atoms with Gasteiger partial charge < -0.3 is 5.32 Å². The highest BCUT2D eigenvalue weighted by molar-refractivity contribution is 5.92. The lowest BCUT2D eigenvalue weighted by molar-refractivity contribution is 0.475. The molecule has 1 spiro atoms. The standard InChI is InChI=1S/C36H37N/c1-5-13-25(35(2,3)4)14-12-23-37-26-21-22-30-29-17-8-11-20-33(29)36(34(30)24-26)31-18-9-6-15-27(31)28-16-7-10-19-32(28)36/h6-22,34,37H,5,23-24H2,1-4H3/b14-12-,25-13+. The van der Waals surface area contributed by atoms with Gasteiger partial charge in [0.25, 0.3) is 0 Å². The normalized spacial score (nSPS) is 19.2. The molecule has 0 heterocycles. The molecule has 37 heavy (non-hydrogen) atoms. The fraction of sp³-hybridized carbons (Fsp3) is 0.278. The molecule has 6 rings (SSSR count). The molecule has 3 aliphatic rings. The van der Waals surface area contributed by atoms with Crippen LogP contribution in [-0.2, 0) is 5.41 Å². The Morgan fingerprint density at radius 1 is 0.838 bits per heavy atom. The molecule has 3 aliphatic carbocycles. The summed E-state index contributed by atoms with van der Waals surface area (Å²) in [6.07, 6.45) is 13.7. The Labute approximate surface area is 222 Å². The van der Waals surface area contributed by atoms with Gasteiger partial charge in [0.2, 0.25) is 0 Å². The third-order valence-electron chi connectivity index (χ3n) is 8.48. The molecule has 3 aromatic rings. The van der Waals surface area contributed by atoms with Gasteiger partial charge in [0.05, 0.1) is 5.41 Å². The Balaban J connectivity index is 1.37. The largest absolute Gasteiger partial charge is 0.385 e. The van der Waals surface area contributed by atoms with E-state index >= 15 is 0 Å². The van der Waals surface area contributed by atoms with Crippen molar-refractivity contribution in [3.8, 4) is 11.1 Å². The zero-order chi connectivity index (χ0) is 25.6. The van der Waals surface area contributed by atoms with Crippen molar-refractivity contribution < 1.29 is 0 Å². The van der Waals surface area contributed by atoms with Crippen LogP contribution in [0, 0.1) is 11.3 Å². The molecule has 1 unspecified atom stereocenters. The van der Waals surface area contributed by atoms with E-state index in [1.165, 1.54) is 50.2 Å². The monoisotopic (exact) mass is 483 g/mol. The fourth-order valence-corrected chi connectivity index (χ4v) is 6.92. The van der Waals surface area contributed by atoms with Crippen molar-refractivity contribution in [2.45, 2.75) is 46.0 Å². The minimum Gasteiger partial charge on any atom is -0.385 e. The van der Waals surface area contributed by atoms with Gasteiger partial charge in [-0.25, -0.2) is 0 Å².